The lowest BCUT2D eigenvalue weighted by Crippen LogP contribution is -2.40. The second-order valence-electron chi connectivity index (χ2n) is 4.12. The Hall–Kier alpha value is -1.47. The Morgan fingerprint density at radius 3 is 2.76 bits per heavy atom. The SMILES string of the molecule is CC1CN(C(=O)c2ccc(C#N)cc2)CCS1. The fourth-order valence-electron chi connectivity index (χ4n) is 1.87. The minimum atomic E-state index is 0.0710. The van der Waals surface area contributed by atoms with Gasteiger partial charge < -0.3 is 4.90 Å². The third-order valence-corrected chi connectivity index (χ3v) is 3.93. The Labute approximate surface area is 105 Å². The van der Waals surface area contributed by atoms with Crippen LogP contribution in [0.2, 0.25) is 0 Å². The Bertz CT molecular complexity index is 449. The summed E-state index contributed by atoms with van der Waals surface area (Å²) in [5.74, 6) is 1.07. The van der Waals surface area contributed by atoms with Crippen LogP contribution in [0.5, 0.6) is 0 Å². The third kappa shape index (κ3) is 2.80. The van der Waals surface area contributed by atoms with Crippen molar-refractivity contribution in [3.8, 4) is 6.07 Å². The predicted octanol–water partition coefficient (Wildman–Crippen LogP) is 2.14. The summed E-state index contributed by atoms with van der Waals surface area (Å²) >= 11 is 1.90. The Morgan fingerprint density at radius 2 is 2.18 bits per heavy atom. The van der Waals surface area contributed by atoms with Crippen molar-refractivity contribution in [1.29, 1.82) is 5.26 Å². The molecule has 17 heavy (non-hydrogen) atoms. The molecular weight excluding hydrogens is 232 g/mol. The molecule has 1 unspecified atom stereocenters. The van der Waals surface area contributed by atoms with E-state index < -0.39 is 0 Å². The van der Waals surface area contributed by atoms with Gasteiger partial charge in [0.2, 0.25) is 0 Å². The Morgan fingerprint density at radius 1 is 1.47 bits per heavy atom. The fraction of sp³-hybridized carbons (Fsp3) is 0.385. The van der Waals surface area contributed by atoms with E-state index in [0.29, 0.717) is 16.4 Å². The highest BCUT2D eigenvalue weighted by Gasteiger charge is 2.22. The molecule has 0 aromatic heterocycles. The van der Waals surface area contributed by atoms with Crippen molar-refractivity contribution >= 4 is 17.7 Å². The first-order valence-corrected chi connectivity index (χ1v) is 6.66. The van der Waals surface area contributed by atoms with Crippen molar-refractivity contribution in [2.45, 2.75) is 12.2 Å². The van der Waals surface area contributed by atoms with Crippen molar-refractivity contribution in [3.63, 3.8) is 0 Å². The molecule has 1 atom stereocenters. The number of thioether (sulfide) groups is 1. The van der Waals surface area contributed by atoms with Gasteiger partial charge in [-0.05, 0) is 24.3 Å². The van der Waals surface area contributed by atoms with Crippen LogP contribution in [-0.4, -0.2) is 34.9 Å². The van der Waals surface area contributed by atoms with Crippen LogP contribution in [0, 0.1) is 11.3 Å². The monoisotopic (exact) mass is 246 g/mol. The van der Waals surface area contributed by atoms with Gasteiger partial charge in [0.05, 0.1) is 11.6 Å². The van der Waals surface area contributed by atoms with Gasteiger partial charge >= 0.3 is 0 Å². The lowest BCUT2D eigenvalue weighted by Gasteiger charge is -2.30. The van der Waals surface area contributed by atoms with Crippen LogP contribution in [0.3, 0.4) is 0 Å². The molecule has 2 rings (SSSR count). The predicted molar refractivity (Wildman–Crippen MR) is 69.0 cm³/mol. The Balaban J connectivity index is 2.11. The second kappa shape index (κ2) is 5.24. The normalized spacial score (nSPS) is 19.8. The maximum absolute atomic E-state index is 12.2. The van der Waals surface area contributed by atoms with Crippen LogP contribution in [0.25, 0.3) is 0 Å². The summed E-state index contributed by atoms with van der Waals surface area (Å²) in [6, 6.07) is 8.89. The van der Waals surface area contributed by atoms with Crippen molar-refractivity contribution in [2.24, 2.45) is 0 Å². The quantitative estimate of drug-likeness (QED) is 0.762. The number of benzene rings is 1. The molecule has 0 spiro atoms. The summed E-state index contributed by atoms with van der Waals surface area (Å²) in [4.78, 5) is 14.1. The molecule has 1 heterocycles. The summed E-state index contributed by atoms with van der Waals surface area (Å²) in [7, 11) is 0. The molecule has 0 N–H and O–H groups in total. The van der Waals surface area contributed by atoms with Crippen LogP contribution in [0.1, 0.15) is 22.8 Å². The van der Waals surface area contributed by atoms with Gasteiger partial charge in [-0.3, -0.25) is 4.79 Å². The van der Waals surface area contributed by atoms with Crippen LogP contribution in [0.15, 0.2) is 24.3 Å². The van der Waals surface area contributed by atoms with Crippen LogP contribution in [-0.2, 0) is 0 Å². The molecule has 1 aromatic carbocycles. The number of nitriles is 1. The van der Waals surface area contributed by atoms with Gasteiger partial charge in [-0.1, -0.05) is 6.92 Å². The van der Waals surface area contributed by atoms with Crippen LogP contribution < -0.4 is 0 Å². The van der Waals surface area contributed by atoms with Gasteiger partial charge in [0, 0.05) is 29.7 Å². The van der Waals surface area contributed by atoms with Crippen molar-refractivity contribution in [3.05, 3.63) is 35.4 Å². The van der Waals surface area contributed by atoms with Gasteiger partial charge in [0.1, 0.15) is 0 Å². The largest absolute Gasteiger partial charge is 0.337 e. The lowest BCUT2D eigenvalue weighted by molar-refractivity contribution is 0.0763. The minimum absolute atomic E-state index is 0.0710. The van der Waals surface area contributed by atoms with Gasteiger partial charge in [-0.15, -0.1) is 0 Å². The van der Waals surface area contributed by atoms with Crippen molar-refractivity contribution in [1.82, 2.24) is 4.90 Å². The molecule has 4 heteroatoms. The first kappa shape index (κ1) is 12.0. The first-order valence-electron chi connectivity index (χ1n) is 5.62. The van der Waals surface area contributed by atoms with E-state index in [-0.39, 0.29) is 5.91 Å². The van der Waals surface area contributed by atoms with E-state index in [1.54, 1.807) is 24.3 Å². The molecule has 1 amide bonds. The van der Waals surface area contributed by atoms with Crippen LogP contribution in [0.4, 0.5) is 0 Å². The summed E-state index contributed by atoms with van der Waals surface area (Å²) < 4.78 is 0. The first-order chi connectivity index (χ1) is 8.20. The fourth-order valence-corrected chi connectivity index (χ4v) is 2.89. The highest BCUT2D eigenvalue weighted by atomic mass is 32.2. The lowest BCUT2D eigenvalue weighted by atomic mass is 10.1. The molecule has 1 fully saturated rings. The van der Waals surface area contributed by atoms with E-state index in [1.807, 2.05) is 16.7 Å². The minimum Gasteiger partial charge on any atom is -0.337 e. The smallest absolute Gasteiger partial charge is 0.253 e. The number of amides is 1. The summed E-state index contributed by atoms with van der Waals surface area (Å²) in [6.07, 6.45) is 0. The summed E-state index contributed by atoms with van der Waals surface area (Å²) in [5, 5.41) is 9.21. The number of hydrogen-bond donors (Lipinski definition) is 0. The topological polar surface area (TPSA) is 44.1 Å². The zero-order valence-electron chi connectivity index (χ0n) is 9.72. The third-order valence-electron chi connectivity index (χ3n) is 2.79. The number of carbonyl (C=O) groups excluding carboxylic acids is 1. The Kier molecular flexibility index (Phi) is 3.70. The summed E-state index contributed by atoms with van der Waals surface area (Å²) in [6.45, 7) is 3.76. The average Bonchev–Trinajstić information content (AvgIpc) is 2.38. The number of hydrogen-bond acceptors (Lipinski definition) is 3. The maximum atomic E-state index is 12.2. The molecule has 0 bridgehead atoms. The zero-order valence-corrected chi connectivity index (χ0v) is 10.5. The second-order valence-corrected chi connectivity index (χ2v) is 5.67. The van der Waals surface area contributed by atoms with Crippen molar-refractivity contribution < 1.29 is 4.79 Å². The molecule has 1 aliphatic heterocycles. The van der Waals surface area contributed by atoms with Crippen LogP contribution >= 0.6 is 11.8 Å². The highest BCUT2D eigenvalue weighted by molar-refractivity contribution is 7.99. The molecule has 1 aliphatic rings. The highest BCUT2D eigenvalue weighted by Crippen LogP contribution is 2.19. The average molecular weight is 246 g/mol. The molecule has 1 saturated heterocycles. The van der Waals surface area contributed by atoms with E-state index >= 15 is 0 Å². The van der Waals surface area contributed by atoms with Gasteiger partial charge in [0.25, 0.3) is 5.91 Å². The number of nitrogens with zero attached hydrogens (tertiary/aromatic N) is 2. The standard InChI is InChI=1S/C13H14N2OS/c1-10-9-15(6-7-17-10)13(16)12-4-2-11(8-14)3-5-12/h2-5,10H,6-7,9H2,1H3. The van der Waals surface area contributed by atoms with E-state index in [2.05, 4.69) is 13.0 Å². The molecule has 0 aliphatic carbocycles. The molecule has 0 radical (unpaired) electrons. The molecule has 88 valence electrons. The van der Waals surface area contributed by atoms with E-state index in [9.17, 15) is 4.79 Å². The van der Waals surface area contributed by atoms with E-state index in [4.69, 9.17) is 5.26 Å². The van der Waals surface area contributed by atoms with Gasteiger partial charge in [-0.2, -0.15) is 17.0 Å². The maximum Gasteiger partial charge on any atom is 0.253 e. The molecule has 0 saturated carbocycles. The van der Waals surface area contributed by atoms with E-state index in [0.717, 1.165) is 18.8 Å². The van der Waals surface area contributed by atoms with E-state index in [1.165, 1.54) is 0 Å². The van der Waals surface area contributed by atoms with Gasteiger partial charge in [0.15, 0.2) is 0 Å². The van der Waals surface area contributed by atoms with Crippen molar-refractivity contribution in [2.75, 3.05) is 18.8 Å². The number of rotatable bonds is 1. The zero-order chi connectivity index (χ0) is 12.3. The van der Waals surface area contributed by atoms with Gasteiger partial charge in [-0.25, -0.2) is 0 Å². The molecule has 3 nitrogen and oxygen atoms in total. The molecular formula is C13H14N2OS. The summed E-state index contributed by atoms with van der Waals surface area (Å²) in [5.41, 5.74) is 1.26. The number of carbonyl (C=O) groups is 1. The molecule has 1 aromatic rings.